The Hall–Kier alpha value is -4.57. The summed E-state index contributed by atoms with van der Waals surface area (Å²) in [7, 11) is 1.51. The van der Waals surface area contributed by atoms with Crippen LogP contribution in [-0.2, 0) is 0 Å². The smallest absolute Gasteiger partial charge is 0.256 e. The molecule has 3 aromatic rings. The Kier molecular flexibility index (Phi) is 4.89. The van der Waals surface area contributed by atoms with Crippen LogP contribution in [0.4, 0.5) is 0 Å². The third-order valence-electron chi connectivity index (χ3n) is 4.10. The normalized spacial score (nSPS) is 14.6. The lowest BCUT2D eigenvalue weighted by atomic mass is 10.1. The van der Waals surface area contributed by atoms with Crippen molar-refractivity contribution in [1.29, 1.82) is 5.26 Å². The van der Waals surface area contributed by atoms with Crippen LogP contribution in [-0.4, -0.2) is 50.8 Å². The summed E-state index contributed by atoms with van der Waals surface area (Å²) in [6.45, 7) is 1.81. The van der Waals surface area contributed by atoms with Gasteiger partial charge in [-0.15, -0.1) is 10.2 Å². The first kappa shape index (κ1) is 18.8. The summed E-state index contributed by atoms with van der Waals surface area (Å²) in [6.07, 6.45) is 4.41. The number of carbonyl (C=O) groups is 1. The molecule has 0 saturated heterocycles. The van der Waals surface area contributed by atoms with Gasteiger partial charge in [0.2, 0.25) is 11.7 Å². The van der Waals surface area contributed by atoms with Gasteiger partial charge >= 0.3 is 0 Å². The van der Waals surface area contributed by atoms with E-state index in [1.807, 2.05) is 6.07 Å². The van der Waals surface area contributed by atoms with Gasteiger partial charge in [0.1, 0.15) is 12.0 Å². The van der Waals surface area contributed by atoms with Gasteiger partial charge in [0.25, 0.3) is 5.91 Å². The summed E-state index contributed by atoms with van der Waals surface area (Å²) in [5.74, 6) is 6.55. The fourth-order valence-electron chi connectivity index (χ4n) is 2.70. The fourth-order valence-corrected chi connectivity index (χ4v) is 2.70. The number of benzene rings is 1. The number of nitrogens with zero attached hydrogens (tertiary/aromatic N) is 7. The Bertz CT molecular complexity index is 1320. The van der Waals surface area contributed by atoms with Crippen LogP contribution in [0.2, 0.25) is 0 Å². The highest BCUT2D eigenvalue weighted by molar-refractivity contribution is 6.34. The van der Waals surface area contributed by atoms with E-state index in [1.165, 1.54) is 25.6 Å². The third-order valence-corrected chi connectivity index (χ3v) is 4.10. The standard InChI is InChI=1S/C20H14N8O2/c1-12-22-9-16(24-12)25-20(29)15-6-13(5-14(7-15)8-21)3-4-17-26-27-18-10-23-19(30-2)11-28(17)18/h5-7,9-12H,1-2H3,(H,24,25,29). The largest absolute Gasteiger partial charge is 0.480 e. The Morgan fingerprint density at radius 3 is 2.80 bits per heavy atom. The minimum absolute atomic E-state index is 0.223. The Morgan fingerprint density at radius 2 is 2.07 bits per heavy atom. The molecule has 0 radical (unpaired) electrons. The summed E-state index contributed by atoms with van der Waals surface area (Å²) in [4.78, 5) is 24.8. The van der Waals surface area contributed by atoms with E-state index >= 15 is 0 Å². The number of aliphatic imine (C=N–C) groups is 2. The predicted octanol–water partition coefficient (Wildman–Crippen LogP) is 0.963. The molecule has 1 unspecified atom stereocenters. The van der Waals surface area contributed by atoms with Crippen molar-refractivity contribution in [1.82, 2.24) is 24.9 Å². The number of amidine groups is 1. The molecule has 1 aromatic carbocycles. The van der Waals surface area contributed by atoms with Gasteiger partial charge in [-0.2, -0.15) is 5.26 Å². The van der Waals surface area contributed by atoms with Crippen molar-refractivity contribution >= 4 is 23.6 Å². The molecule has 1 atom stereocenters. The molecule has 146 valence electrons. The highest BCUT2D eigenvalue weighted by Crippen LogP contribution is 2.11. The van der Waals surface area contributed by atoms with E-state index in [1.54, 1.807) is 29.7 Å². The number of nitriles is 1. The molecule has 2 aromatic heterocycles. The second-order valence-electron chi connectivity index (χ2n) is 6.22. The molecule has 0 aliphatic carbocycles. The number of aromatic nitrogens is 4. The van der Waals surface area contributed by atoms with Gasteiger partial charge in [-0.3, -0.25) is 14.2 Å². The molecule has 0 saturated carbocycles. The molecule has 10 nitrogen and oxygen atoms in total. The first-order chi connectivity index (χ1) is 14.6. The van der Waals surface area contributed by atoms with E-state index in [0.717, 1.165) is 0 Å². The zero-order valence-corrected chi connectivity index (χ0v) is 16.0. The first-order valence-corrected chi connectivity index (χ1v) is 8.80. The van der Waals surface area contributed by atoms with E-state index in [-0.39, 0.29) is 11.7 Å². The zero-order valence-electron chi connectivity index (χ0n) is 16.0. The summed E-state index contributed by atoms with van der Waals surface area (Å²) in [5, 5.41) is 20.0. The second kappa shape index (κ2) is 7.81. The average molecular weight is 398 g/mol. The molecule has 4 rings (SSSR count). The van der Waals surface area contributed by atoms with Crippen LogP contribution in [0, 0.1) is 23.2 Å². The molecule has 1 N–H and O–H groups in total. The molecule has 1 aliphatic heterocycles. The molecule has 0 bridgehead atoms. The SMILES string of the molecule is COc1cn2c(C#Cc3cc(C#N)cc(C(=O)NC4=NC(C)N=C4)c3)nnc2cn1. The van der Waals surface area contributed by atoms with Gasteiger partial charge in [0, 0.05) is 11.1 Å². The number of methoxy groups -OCH3 is 1. The number of rotatable bonds is 2. The van der Waals surface area contributed by atoms with Crippen molar-refractivity contribution in [3.05, 3.63) is 53.1 Å². The van der Waals surface area contributed by atoms with Crippen molar-refractivity contribution in [2.24, 2.45) is 9.98 Å². The van der Waals surface area contributed by atoms with E-state index in [9.17, 15) is 10.1 Å². The van der Waals surface area contributed by atoms with Gasteiger partial charge in [-0.05, 0) is 31.0 Å². The molecule has 10 heteroatoms. The first-order valence-electron chi connectivity index (χ1n) is 8.80. The van der Waals surface area contributed by atoms with E-state index in [2.05, 4.69) is 42.3 Å². The van der Waals surface area contributed by atoms with E-state index < -0.39 is 5.91 Å². The number of fused-ring (bicyclic) bond motifs is 1. The number of hydrogen-bond acceptors (Lipinski definition) is 8. The number of hydrogen-bond donors (Lipinski definition) is 1. The van der Waals surface area contributed by atoms with Crippen molar-refractivity contribution in [3.8, 4) is 23.8 Å². The lowest BCUT2D eigenvalue weighted by molar-refractivity contribution is 0.0977. The predicted molar refractivity (Wildman–Crippen MR) is 107 cm³/mol. The van der Waals surface area contributed by atoms with Crippen molar-refractivity contribution < 1.29 is 9.53 Å². The number of ether oxygens (including phenoxy) is 1. The maximum absolute atomic E-state index is 12.5. The fraction of sp³-hybridized carbons (Fsp3) is 0.150. The summed E-state index contributed by atoms with van der Waals surface area (Å²) in [6, 6.07) is 6.70. The molecular formula is C20H14N8O2. The second-order valence-corrected chi connectivity index (χ2v) is 6.22. The Balaban J connectivity index is 1.65. The van der Waals surface area contributed by atoms with Crippen LogP contribution in [0.5, 0.6) is 5.88 Å². The third kappa shape index (κ3) is 3.84. The minimum atomic E-state index is -0.404. The molecule has 30 heavy (non-hydrogen) atoms. The van der Waals surface area contributed by atoms with Gasteiger partial charge in [0.05, 0.1) is 37.4 Å². The molecule has 0 fully saturated rings. The highest BCUT2D eigenvalue weighted by atomic mass is 16.5. The van der Waals surface area contributed by atoms with Crippen LogP contribution < -0.4 is 10.1 Å². The zero-order chi connectivity index (χ0) is 21.1. The van der Waals surface area contributed by atoms with Gasteiger partial charge in [-0.25, -0.2) is 9.98 Å². The topological polar surface area (TPSA) is 130 Å². The Morgan fingerprint density at radius 1 is 1.23 bits per heavy atom. The monoisotopic (exact) mass is 398 g/mol. The van der Waals surface area contributed by atoms with Gasteiger partial charge in [0.15, 0.2) is 5.65 Å². The van der Waals surface area contributed by atoms with Crippen LogP contribution in [0.3, 0.4) is 0 Å². The number of carbonyl (C=O) groups excluding carboxylic acids is 1. The summed E-state index contributed by atoms with van der Waals surface area (Å²) >= 11 is 0. The molecule has 0 spiro atoms. The summed E-state index contributed by atoms with van der Waals surface area (Å²) in [5.41, 5.74) is 1.58. The van der Waals surface area contributed by atoms with E-state index in [0.29, 0.717) is 34.3 Å². The van der Waals surface area contributed by atoms with E-state index in [4.69, 9.17) is 4.74 Å². The molecule has 3 heterocycles. The maximum Gasteiger partial charge on any atom is 0.256 e. The summed E-state index contributed by atoms with van der Waals surface area (Å²) < 4.78 is 6.75. The van der Waals surface area contributed by atoms with Crippen LogP contribution in [0.1, 0.15) is 34.2 Å². The van der Waals surface area contributed by atoms with Gasteiger partial charge in [-0.1, -0.05) is 5.92 Å². The maximum atomic E-state index is 12.5. The molecular weight excluding hydrogens is 384 g/mol. The lowest BCUT2D eigenvalue weighted by Gasteiger charge is -2.04. The lowest BCUT2D eigenvalue weighted by Crippen LogP contribution is -2.30. The van der Waals surface area contributed by atoms with Crippen molar-refractivity contribution in [2.45, 2.75) is 13.1 Å². The quantitative estimate of drug-likeness (QED) is 0.640. The molecule has 1 aliphatic rings. The van der Waals surface area contributed by atoms with Crippen molar-refractivity contribution in [2.75, 3.05) is 7.11 Å². The van der Waals surface area contributed by atoms with Crippen LogP contribution >= 0.6 is 0 Å². The molecule has 1 amide bonds. The van der Waals surface area contributed by atoms with Crippen LogP contribution in [0.15, 0.2) is 40.6 Å². The Labute approximate surface area is 171 Å². The van der Waals surface area contributed by atoms with Crippen LogP contribution in [0.25, 0.3) is 5.65 Å². The number of nitrogens with one attached hydrogen (secondary N) is 1. The number of amides is 1. The van der Waals surface area contributed by atoms with Gasteiger partial charge < -0.3 is 10.1 Å². The average Bonchev–Trinajstić information content (AvgIpc) is 3.36. The highest BCUT2D eigenvalue weighted by Gasteiger charge is 2.13. The van der Waals surface area contributed by atoms with Crippen molar-refractivity contribution in [3.63, 3.8) is 0 Å². The minimum Gasteiger partial charge on any atom is -0.480 e.